The van der Waals surface area contributed by atoms with Crippen molar-refractivity contribution in [2.45, 2.75) is 38.1 Å². The number of allylic oxidation sites excluding steroid dienone is 1. The minimum Gasteiger partial charge on any atom is -0.497 e. The van der Waals surface area contributed by atoms with Crippen LogP contribution < -0.4 is 4.74 Å². The highest BCUT2D eigenvalue weighted by Gasteiger charge is 2.40. The van der Waals surface area contributed by atoms with Gasteiger partial charge in [-0.3, -0.25) is 14.9 Å². The van der Waals surface area contributed by atoms with Gasteiger partial charge in [-0.25, -0.2) is 0 Å². The van der Waals surface area contributed by atoms with Crippen LogP contribution in [0.1, 0.15) is 30.4 Å². The summed E-state index contributed by atoms with van der Waals surface area (Å²) in [5, 5.41) is 10.7. The fourth-order valence-electron chi connectivity index (χ4n) is 4.02. The molecule has 3 atom stereocenters. The molecule has 156 valence electrons. The number of rotatable bonds is 6. The second-order valence-corrected chi connectivity index (χ2v) is 7.57. The van der Waals surface area contributed by atoms with Crippen molar-refractivity contribution in [2.24, 2.45) is 5.92 Å². The lowest BCUT2D eigenvalue weighted by molar-refractivity contribution is -0.384. The molecule has 0 saturated heterocycles. The molecule has 1 saturated carbocycles. The number of benzene rings is 2. The Kier molecular flexibility index (Phi) is 5.81. The molecular weight excluding hydrogens is 386 g/mol. The number of hydrogen-bond donors (Lipinski definition) is 0. The molecule has 7 heteroatoms. The number of carbonyl (C=O) groups is 1. The number of nitrogens with zero attached hydrogens (tertiary/aromatic N) is 1. The first kappa shape index (κ1) is 20.1. The molecule has 30 heavy (non-hydrogen) atoms. The third-order valence-corrected chi connectivity index (χ3v) is 5.74. The van der Waals surface area contributed by atoms with E-state index in [0.717, 1.165) is 23.3 Å². The van der Waals surface area contributed by atoms with E-state index in [1.807, 2.05) is 24.3 Å². The third-order valence-electron chi connectivity index (χ3n) is 5.74. The number of hydrogen-bond acceptors (Lipinski definition) is 6. The average molecular weight is 409 g/mol. The molecule has 3 unspecified atom stereocenters. The van der Waals surface area contributed by atoms with Crippen LogP contribution in [-0.4, -0.2) is 30.0 Å². The number of non-ortho nitro benzene ring substituents is 1. The highest BCUT2D eigenvalue weighted by molar-refractivity contribution is 6.22. The SMILES string of the molecule is COc1ccc(C2=COC3CC(OCc4ccc([N+](=O)[O-])cc4)CCC3C2=O)cc1. The zero-order valence-electron chi connectivity index (χ0n) is 16.7. The van der Waals surface area contributed by atoms with Gasteiger partial charge in [-0.15, -0.1) is 0 Å². The zero-order valence-corrected chi connectivity index (χ0v) is 16.7. The molecule has 2 aromatic rings. The average Bonchev–Trinajstić information content (AvgIpc) is 2.78. The molecule has 0 N–H and O–H groups in total. The predicted octanol–water partition coefficient (Wildman–Crippen LogP) is 4.30. The number of nitro benzene ring substituents is 1. The van der Waals surface area contributed by atoms with Gasteiger partial charge in [0.25, 0.3) is 5.69 Å². The Morgan fingerprint density at radius 2 is 1.83 bits per heavy atom. The molecular formula is C23H23NO6. The minimum absolute atomic E-state index is 0.00909. The lowest BCUT2D eigenvalue weighted by Gasteiger charge is -2.37. The molecule has 0 amide bonds. The Bertz CT molecular complexity index is 951. The van der Waals surface area contributed by atoms with Crippen LogP contribution >= 0.6 is 0 Å². The van der Waals surface area contributed by atoms with Crippen LogP contribution in [0.25, 0.3) is 5.57 Å². The van der Waals surface area contributed by atoms with Gasteiger partial charge in [-0.1, -0.05) is 12.1 Å². The summed E-state index contributed by atoms with van der Waals surface area (Å²) in [4.78, 5) is 23.3. The lowest BCUT2D eigenvalue weighted by atomic mass is 9.78. The minimum atomic E-state index is -0.420. The van der Waals surface area contributed by atoms with Crippen LogP contribution in [0.15, 0.2) is 54.8 Å². The molecule has 1 heterocycles. The summed E-state index contributed by atoms with van der Waals surface area (Å²) in [6.45, 7) is 0.376. The fraction of sp³-hybridized carbons (Fsp3) is 0.348. The summed E-state index contributed by atoms with van der Waals surface area (Å²) < 4.78 is 17.1. The summed E-state index contributed by atoms with van der Waals surface area (Å²) in [6, 6.07) is 13.8. The Labute approximate surface area is 174 Å². The molecule has 1 aliphatic carbocycles. The summed E-state index contributed by atoms with van der Waals surface area (Å²) in [5.74, 6) is 0.698. The number of fused-ring (bicyclic) bond motifs is 1. The molecule has 0 bridgehead atoms. The van der Waals surface area contributed by atoms with Crippen molar-refractivity contribution in [1.29, 1.82) is 0 Å². The van der Waals surface area contributed by atoms with Gasteiger partial charge >= 0.3 is 0 Å². The Balaban J connectivity index is 1.36. The first-order valence-electron chi connectivity index (χ1n) is 9.94. The molecule has 2 aromatic carbocycles. The van der Waals surface area contributed by atoms with Crippen LogP contribution in [0, 0.1) is 16.0 Å². The largest absolute Gasteiger partial charge is 0.497 e. The second kappa shape index (κ2) is 8.67. The van der Waals surface area contributed by atoms with Crippen molar-refractivity contribution in [2.75, 3.05) is 7.11 Å². The number of ketones is 1. The van der Waals surface area contributed by atoms with Crippen LogP contribution in [0.5, 0.6) is 5.75 Å². The van der Waals surface area contributed by atoms with E-state index in [1.54, 1.807) is 25.5 Å². The van der Waals surface area contributed by atoms with Gasteiger partial charge in [-0.2, -0.15) is 0 Å². The first-order chi connectivity index (χ1) is 14.5. The van der Waals surface area contributed by atoms with E-state index in [9.17, 15) is 14.9 Å². The number of ether oxygens (including phenoxy) is 3. The van der Waals surface area contributed by atoms with E-state index in [1.165, 1.54) is 12.1 Å². The van der Waals surface area contributed by atoms with Crippen LogP contribution in [0.3, 0.4) is 0 Å². The van der Waals surface area contributed by atoms with Gasteiger partial charge in [0, 0.05) is 18.6 Å². The first-order valence-corrected chi connectivity index (χ1v) is 9.94. The molecule has 2 aliphatic rings. The second-order valence-electron chi connectivity index (χ2n) is 7.57. The third kappa shape index (κ3) is 4.21. The summed E-state index contributed by atoms with van der Waals surface area (Å²) in [6.07, 6.45) is 3.52. The van der Waals surface area contributed by atoms with E-state index >= 15 is 0 Å². The number of carbonyl (C=O) groups excluding carboxylic acids is 1. The maximum absolute atomic E-state index is 13.0. The standard InChI is InChI=1S/C23H23NO6/c1-28-18-8-4-16(5-9-18)21-14-30-22-12-19(10-11-20(22)23(21)25)29-13-15-2-6-17(7-3-15)24(26)27/h2-9,14,19-20,22H,10-13H2,1H3. The molecule has 1 aliphatic heterocycles. The topological polar surface area (TPSA) is 87.9 Å². The van der Waals surface area contributed by atoms with E-state index in [0.29, 0.717) is 25.0 Å². The molecule has 1 fully saturated rings. The highest BCUT2D eigenvalue weighted by atomic mass is 16.6. The van der Waals surface area contributed by atoms with Crippen molar-refractivity contribution in [3.8, 4) is 5.75 Å². The number of Topliss-reactive ketones (excluding diaryl/α,β-unsaturated/α-hetero) is 1. The van der Waals surface area contributed by atoms with Gasteiger partial charge in [0.2, 0.25) is 0 Å². The smallest absolute Gasteiger partial charge is 0.269 e. The number of nitro groups is 1. The van der Waals surface area contributed by atoms with Crippen molar-refractivity contribution in [1.82, 2.24) is 0 Å². The highest BCUT2D eigenvalue weighted by Crippen LogP contribution is 2.37. The molecule has 0 radical (unpaired) electrons. The normalized spacial score (nSPS) is 23.2. The number of methoxy groups -OCH3 is 1. The lowest BCUT2D eigenvalue weighted by Crippen LogP contribution is -2.41. The van der Waals surface area contributed by atoms with Crippen LogP contribution in [-0.2, 0) is 20.9 Å². The van der Waals surface area contributed by atoms with Gasteiger partial charge in [0.1, 0.15) is 11.9 Å². The Hall–Kier alpha value is -3.19. The van der Waals surface area contributed by atoms with Gasteiger partial charge in [0.15, 0.2) is 5.78 Å². The van der Waals surface area contributed by atoms with Crippen LogP contribution in [0.4, 0.5) is 5.69 Å². The maximum atomic E-state index is 13.0. The monoisotopic (exact) mass is 409 g/mol. The fourth-order valence-corrected chi connectivity index (χ4v) is 4.02. The van der Waals surface area contributed by atoms with E-state index < -0.39 is 4.92 Å². The van der Waals surface area contributed by atoms with E-state index in [-0.39, 0.29) is 29.6 Å². The van der Waals surface area contributed by atoms with Crippen molar-refractivity contribution in [3.63, 3.8) is 0 Å². The quantitative estimate of drug-likeness (QED) is 0.522. The van der Waals surface area contributed by atoms with Crippen molar-refractivity contribution >= 4 is 17.0 Å². The summed E-state index contributed by atoms with van der Waals surface area (Å²) in [5.41, 5.74) is 2.37. The summed E-state index contributed by atoms with van der Waals surface area (Å²) in [7, 11) is 1.61. The summed E-state index contributed by atoms with van der Waals surface area (Å²) >= 11 is 0. The van der Waals surface area contributed by atoms with Crippen molar-refractivity contribution < 1.29 is 23.9 Å². The molecule has 4 rings (SSSR count). The van der Waals surface area contributed by atoms with E-state index in [2.05, 4.69) is 0 Å². The zero-order chi connectivity index (χ0) is 21.1. The van der Waals surface area contributed by atoms with Gasteiger partial charge in [0.05, 0.1) is 42.5 Å². The molecule has 7 nitrogen and oxygen atoms in total. The van der Waals surface area contributed by atoms with Crippen molar-refractivity contribution in [3.05, 3.63) is 76.0 Å². The molecule has 0 spiro atoms. The Morgan fingerprint density at radius 1 is 1.10 bits per heavy atom. The van der Waals surface area contributed by atoms with Gasteiger partial charge in [-0.05, 0) is 48.2 Å². The molecule has 0 aromatic heterocycles. The van der Waals surface area contributed by atoms with E-state index in [4.69, 9.17) is 14.2 Å². The van der Waals surface area contributed by atoms with Gasteiger partial charge < -0.3 is 14.2 Å². The van der Waals surface area contributed by atoms with Crippen LogP contribution in [0.2, 0.25) is 0 Å². The Morgan fingerprint density at radius 3 is 2.50 bits per heavy atom. The maximum Gasteiger partial charge on any atom is 0.269 e. The predicted molar refractivity (Wildman–Crippen MR) is 110 cm³/mol.